The Bertz CT molecular complexity index is 462. The van der Waals surface area contributed by atoms with E-state index in [2.05, 4.69) is 10.1 Å². The first-order chi connectivity index (χ1) is 10.1. The number of rotatable bonds is 9. The van der Waals surface area contributed by atoms with E-state index in [1.165, 1.54) is 0 Å². The minimum absolute atomic E-state index is 0.0628. The predicted octanol–water partition coefficient (Wildman–Crippen LogP) is 1.32. The van der Waals surface area contributed by atoms with Gasteiger partial charge in [0.1, 0.15) is 12.6 Å². The van der Waals surface area contributed by atoms with Crippen LogP contribution >= 0.6 is 0 Å². The number of alkyl carbamates (subject to hydrolysis) is 1. The van der Waals surface area contributed by atoms with Gasteiger partial charge in [0.15, 0.2) is 0 Å². The lowest BCUT2D eigenvalue weighted by Gasteiger charge is -2.14. The Morgan fingerprint density at radius 2 is 2.00 bits per heavy atom. The lowest BCUT2D eigenvalue weighted by atomic mass is 10.1. The van der Waals surface area contributed by atoms with E-state index in [4.69, 9.17) is 9.84 Å². The van der Waals surface area contributed by atoms with Gasteiger partial charge in [-0.25, -0.2) is 9.59 Å². The molecule has 0 aromatic heterocycles. The Hall–Kier alpha value is -2.57. The van der Waals surface area contributed by atoms with Crippen molar-refractivity contribution in [2.75, 3.05) is 6.61 Å². The molecule has 0 saturated heterocycles. The van der Waals surface area contributed by atoms with Gasteiger partial charge in [0.2, 0.25) is 0 Å². The number of carboxylic acid groups (broad SMARTS) is 1. The number of benzene rings is 1. The summed E-state index contributed by atoms with van der Waals surface area (Å²) in [6, 6.07) is 7.96. The lowest BCUT2D eigenvalue weighted by Crippen LogP contribution is -2.41. The molecule has 0 radical (unpaired) electrons. The molecule has 0 spiro atoms. The number of nitrogens with one attached hydrogen (secondary N) is 1. The van der Waals surface area contributed by atoms with Gasteiger partial charge >= 0.3 is 12.1 Å². The fourth-order valence-electron chi connectivity index (χ4n) is 1.58. The zero-order valence-corrected chi connectivity index (χ0v) is 11.4. The topological polar surface area (TPSA) is 102 Å². The average molecular weight is 295 g/mol. The molecular weight excluding hydrogens is 278 g/mol. The summed E-state index contributed by atoms with van der Waals surface area (Å²) in [7, 11) is 0. The first-order valence-corrected chi connectivity index (χ1v) is 6.38. The standard InChI is InChI=1S/C14H17NO6/c16-10-20-8-4-7-12(13(17)18)15-14(19)21-9-11-5-2-1-3-6-11/h1-3,5-6,10,12H,4,7-9H2,(H,15,19)(H,17,18). The smallest absolute Gasteiger partial charge is 0.408 e. The Balaban J connectivity index is 2.34. The van der Waals surface area contributed by atoms with Gasteiger partial charge in [-0.1, -0.05) is 30.3 Å². The van der Waals surface area contributed by atoms with Crippen LogP contribution in [0.1, 0.15) is 18.4 Å². The monoisotopic (exact) mass is 295 g/mol. The van der Waals surface area contributed by atoms with Gasteiger partial charge in [-0.05, 0) is 18.4 Å². The molecule has 0 aliphatic heterocycles. The van der Waals surface area contributed by atoms with Crippen LogP contribution < -0.4 is 5.32 Å². The summed E-state index contributed by atoms with van der Waals surface area (Å²) in [4.78, 5) is 32.5. The van der Waals surface area contributed by atoms with Crippen molar-refractivity contribution in [3.63, 3.8) is 0 Å². The van der Waals surface area contributed by atoms with E-state index in [0.717, 1.165) is 5.56 Å². The molecule has 1 rings (SSSR count). The first-order valence-electron chi connectivity index (χ1n) is 6.38. The molecule has 114 valence electrons. The van der Waals surface area contributed by atoms with Gasteiger partial charge in [-0.15, -0.1) is 0 Å². The van der Waals surface area contributed by atoms with Gasteiger partial charge in [0.25, 0.3) is 6.47 Å². The second-order valence-electron chi connectivity index (χ2n) is 4.21. The number of amides is 1. The molecule has 0 saturated carbocycles. The molecule has 7 nitrogen and oxygen atoms in total. The van der Waals surface area contributed by atoms with Crippen molar-refractivity contribution in [1.29, 1.82) is 0 Å². The number of carbonyl (C=O) groups is 3. The minimum atomic E-state index is -1.17. The fourth-order valence-corrected chi connectivity index (χ4v) is 1.58. The molecule has 1 unspecified atom stereocenters. The van der Waals surface area contributed by atoms with E-state index in [0.29, 0.717) is 6.42 Å². The summed E-state index contributed by atoms with van der Waals surface area (Å²) in [5.41, 5.74) is 0.805. The van der Waals surface area contributed by atoms with Gasteiger partial charge in [-0.3, -0.25) is 4.79 Å². The minimum Gasteiger partial charge on any atom is -0.480 e. The number of carbonyl (C=O) groups excluding carboxylic acids is 2. The Morgan fingerprint density at radius 1 is 1.29 bits per heavy atom. The van der Waals surface area contributed by atoms with Crippen molar-refractivity contribution in [1.82, 2.24) is 5.32 Å². The van der Waals surface area contributed by atoms with E-state index < -0.39 is 18.1 Å². The van der Waals surface area contributed by atoms with E-state index in [9.17, 15) is 14.4 Å². The molecule has 0 heterocycles. The van der Waals surface area contributed by atoms with E-state index in [-0.39, 0.29) is 26.1 Å². The van der Waals surface area contributed by atoms with Crippen LogP contribution in [0.4, 0.5) is 4.79 Å². The highest BCUT2D eigenvalue weighted by atomic mass is 16.5. The average Bonchev–Trinajstić information content (AvgIpc) is 2.49. The summed E-state index contributed by atoms with van der Waals surface area (Å²) >= 11 is 0. The third kappa shape index (κ3) is 6.95. The maximum atomic E-state index is 11.5. The first kappa shape index (κ1) is 16.5. The van der Waals surface area contributed by atoms with Crippen LogP contribution in [0, 0.1) is 0 Å². The van der Waals surface area contributed by atoms with Crippen molar-refractivity contribution in [2.45, 2.75) is 25.5 Å². The van der Waals surface area contributed by atoms with E-state index >= 15 is 0 Å². The maximum absolute atomic E-state index is 11.5. The van der Waals surface area contributed by atoms with Crippen molar-refractivity contribution < 1.29 is 29.0 Å². The summed E-state index contributed by atoms with van der Waals surface area (Å²) in [6.07, 6.45) is -0.333. The third-order valence-corrected chi connectivity index (χ3v) is 2.63. The fraction of sp³-hybridized carbons (Fsp3) is 0.357. The van der Waals surface area contributed by atoms with Crippen molar-refractivity contribution in [3.05, 3.63) is 35.9 Å². The maximum Gasteiger partial charge on any atom is 0.408 e. The molecule has 2 N–H and O–H groups in total. The Labute approximate surface area is 121 Å². The Morgan fingerprint density at radius 3 is 2.62 bits per heavy atom. The van der Waals surface area contributed by atoms with Crippen LogP contribution in [0.25, 0.3) is 0 Å². The third-order valence-electron chi connectivity index (χ3n) is 2.63. The van der Waals surface area contributed by atoms with E-state index in [1.807, 2.05) is 18.2 Å². The number of aliphatic carboxylic acids is 1. The molecule has 1 atom stereocenters. The molecule has 0 bridgehead atoms. The zero-order valence-electron chi connectivity index (χ0n) is 11.4. The zero-order chi connectivity index (χ0) is 15.5. The number of carboxylic acids is 1. The van der Waals surface area contributed by atoms with Gasteiger partial charge in [0, 0.05) is 0 Å². The highest BCUT2D eigenvalue weighted by Crippen LogP contribution is 2.02. The lowest BCUT2D eigenvalue weighted by molar-refractivity contribution is -0.139. The van der Waals surface area contributed by atoms with Crippen LogP contribution in [-0.2, 0) is 25.7 Å². The molecule has 0 aliphatic rings. The normalized spacial score (nSPS) is 11.2. The molecule has 1 amide bonds. The number of hydrogen-bond acceptors (Lipinski definition) is 5. The van der Waals surface area contributed by atoms with Crippen molar-refractivity contribution in [3.8, 4) is 0 Å². The molecule has 0 aliphatic carbocycles. The SMILES string of the molecule is O=COCCCC(NC(=O)OCc1ccccc1)C(=O)O. The van der Waals surface area contributed by atoms with Crippen molar-refractivity contribution in [2.24, 2.45) is 0 Å². The highest BCUT2D eigenvalue weighted by Gasteiger charge is 2.20. The van der Waals surface area contributed by atoms with Crippen LogP contribution in [0.3, 0.4) is 0 Å². The highest BCUT2D eigenvalue weighted by molar-refractivity contribution is 5.79. The van der Waals surface area contributed by atoms with Crippen LogP contribution in [-0.4, -0.2) is 36.3 Å². The van der Waals surface area contributed by atoms with Gasteiger partial charge < -0.3 is 19.9 Å². The molecular formula is C14H17NO6. The number of ether oxygens (including phenoxy) is 2. The van der Waals surface area contributed by atoms with Crippen molar-refractivity contribution >= 4 is 18.5 Å². The number of hydrogen-bond donors (Lipinski definition) is 2. The largest absolute Gasteiger partial charge is 0.480 e. The van der Waals surface area contributed by atoms with Gasteiger partial charge in [0.05, 0.1) is 6.61 Å². The second kappa shape index (κ2) is 9.35. The molecule has 1 aromatic carbocycles. The molecule has 7 heteroatoms. The van der Waals surface area contributed by atoms with Crippen LogP contribution in [0.5, 0.6) is 0 Å². The van der Waals surface area contributed by atoms with Gasteiger partial charge in [-0.2, -0.15) is 0 Å². The van der Waals surface area contributed by atoms with Crippen LogP contribution in [0.15, 0.2) is 30.3 Å². The molecule has 21 heavy (non-hydrogen) atoms. The Kier molecular flexibility index (Phi) is 7.34. The summed E-state index contributed by atoms with van der Waals surface area (Å²) in [5, 5.41) is 11.2. The van der Waals surface area contributed by atoms with E-state index in [1.54, 1.807) is 12.1 Å². The molecule has 1 aromatic rings. The summed E-state index contributed by atoms with van der Waals surface area (Å²) < 4.78 is 9.39. The predicted molar refractivity (Wildman–Crippen MR) is 72.4 cm³/mol. The molecule has 0 fully saturated rings. The van der Waals surface area contributed by atoms with Crippen LogP contribution in [0.2, 0.25) is 0 Å². The summed E-state index contributed by atoms with van der Waals surface area (Å²) in [5.74, 6) is -1.17. The summed E-state index contributed by atoms with van der Waals surface area (Å²) in [6.45, 7) is 0.457. The quantitative estimate of drug-likeness (QED) is 0.526. The second-order valence-corrected chi connectivity index (χ2v) is 4.21.